The average molecular weight is 388 g/mol. The zero-order valence-corrected chi connectivity index (χ0v) is 15.6. The Morgan fingerprint density at radius 2 is 1.81 bits per heavy atom. The number of hydrogen-bond donors (Lipinski definition) is 2. The van der Waals surface area contributed by atoms with E-state index in [0.717, 1.165) is 6.42 Å². The number of ether oxygens (including phenoxy) is 1. The predicted octanol–water partition coefficient (Wildman–Crippen LogP) is 2.64. The molecule has 1 aromatic carbocycles. The van der Waals surface area contributed by atoms with Crippen LogP contribution in [0.4, 0.5) is 5.69 Å². The number of anilines is 1. The Morgan fingerprint density at radius 3 is 2.44 bits per heavy atom. The molecule has 7 nitrogen and oxygen atoms in total. The van der Waals surface area contributed by atoms with Gasteiger partial charge in [0.25, 0.3) is 5.91 Å². The Morgan fingerprint density at radius 1 is 1.07 bits per heavy atom. The van der Waals surface area contributed by atoms with E-state index in [-0.39, 0.29) is 24.1 Å². The molecule has 1 aromatic heterocycles. The van der Waals surface area contributed by atoms with Gasteiger partial charge >= 0.3 is 5.97 Å². The standard InChI is InChI=1S/C19H20N2O5S/c1-2-4-17(23)21-14-8-6-13(7-9-14)15(22)12-26-18(24)11-20-19(25)16-5-3-10-27-16/h3,5-10H,2,4,11-12H2,1H3,(H,20,25)(H,21,23). The number of Topliss-reactive ketones (excluding diaryl/α,β-unsaturated/α-hetero) is 1. The first-order valence-electron chi connectivity index (χ1n) is 8.40. The molecule has 0 fully saturated rings. The highest BCUT2D eigenvalue weighted by molar-refractivity contribution is 7.12. The topological polar surface area (TPSA) is 102 Å². The molecule has 0 aliphatic carbocycles. The van der Waals surface area contributed by atoms with E-state index in [0.29, 0.717) is 22.5 Å². The van der Waals surface area contributed by atoms with Gasteiger partial charge in [-0.25, -0.2) is 0 Å². The second kappa shape index (κ2) is 10.2. The van der Waals surface area contributed by atoms with Crippen molar-refractivity contribution in [2.45, 2.75) is 19.8 Å². The van der Waals surface area contributed by atoms with E-state index < -0.39 is 12.6 Å². The van der Waals surface area contributed by atoms with E-state index in [2.05, 4.69) is 10.6 Å². The molecule has 0 saturated heterocycles. The molecule has 27 heavy (non-hydrogen) atoms. The van der Waals surface area contributed by atoms with E-state index in [9.17, 15) is 19.2 Å². The van der Waals surface area contributed by atoms with Crippen molar-refractivity contribution in [2.75, 3.05) is 18.5 Å². The number of rotatable bonds is 9. The largest absolute Gasteiger partial charge is 0.456 e. The average Bonchev–Trinajstić information content (AvgIpc) is 3.20. The monoisotopic (exact) mass is 388 g/mol. The molecular weight excluding hydrogens is 368 g/mol. The molecule has 2 amide bonds. The van der Waals surface area contributed by atoms with Gasteiger partial charge in [-0.05, 0) is 42.1 Å². The third-order valence-electron chi connectivity index (χ3n) is 3.47. The Labute approximate surface area is 160 Å². The zero-order chi connectivity index (χ0) is 19.6. The first-order chi connectivity index (χ1) is 13.0. The number of carbonyl (C=O) groups excluding carboxylic acids is 4. The molecule has 2 rings (SSSR count). The van der Waals surface area contributed by atoms with E-state index >= 15 is 0 Å². The molecule has 2 aromatic rings. The minimum absolute atomic E-state index is 0.0879. The van der Waals surface area contributed by atoms with E-state index in [4.69, 9.17) is 4.74 Å². The second-order valence-electron chi connectivity index (χ2n) is 5.62. The van der Waals surface area contributed by atoms with Crippen LogP contribution in [0.5, 0.6) is 0 Å². The Balaban J connectivity index is 1.75. The van der Waals surface area contributed by atoms with E-state index in [1.165, 1.54) is 11.3 Å². The highest BCUT2D eigenvalue weighted by Crippen LogP contribution is 2.11. The van der Waals surface area contributed by atoms with Crippen molar-refractivity contribution in [3.63, 3.8) is 0 Å². The van der Waals surface area contributed by atoms with Crippen LogP contribution in [0.2, 0.25) is 0 Å². The van der Waals surface area contributed by atoms with Gasteiger partial charge < -0.3 is 15.4 Å². The van der Waals surface area contributed by atoms with Crippen LogP contribution in [0.3, 0.4) is 0 Å². The molecule has 0 bridgehead atoms. The summed E-state index contributed by atoms with van der Waals surface area (Å²) in [5, 5.41) is 6.91. The number of thiophene rings is 1. The Kier molecular flexibility index (Phi) is 7.69. The lowest BCUT2D eigenvalue weighted by molar-refractivity contribution is -0.141. The number of nitrogens with one attached hydrogen (secondary N) is 2. The van der Waals surface area contributed by atoms with Crippen molar-refractivity contribution in [1.29, 1.82) is 0 Å². The van der Waals surface area contributed by atoms with Crippen molar-refractivity contribution in [1.82, 2.24) is 5.32 Å². The number of amides is 2. The van der Waals surface area contributed by atoms with Gasteiger partial charge in [0.15, 0.2) is 12.4 Å². The Hall–Kier alpha value is -3.00. The lowest BCUT2D eigenvalue weighted by atomic mass is 10.1. The molecule has 142 valence electrons. The van der Waals surface area contributed by atoms with Crippen molar-refractivity contribution in [3.8, 4) is 0 Å². The predicted molar refractivity (Wildman–Crippen MR) is 102 cm³/mol. The van der Waals surface area contributed by atoms with Crippen LogP contribution in [0.15, 0.2) is 41.8 Å². The van der Waals surface area contributed by atoms with Gasteiger partial charge in [-0.15, -0.1) is 11.3 Å². The van der Waals surface area contributed by atoms with Gasteiger partial charge in [0.2, 0.25) is 5.91 Å². The van der Waals surface area contributed by atoms with Gasteiger partial charge in [0.1, 0.15) is 6.54 Å². The summed E-state index contributed by atoms with van der Waals surface area (Å²) < 4.78 is 4.88. The van der Waals surface area contributed by atoms with Gasteiger partial charge in [0.05, 0.1) is 4.88 Å². The summed E-state index contributed by atoms with van der Waals surface area (Å²) in [5.41, 5.74) is 0.956. The first-order valence-corrected chi connectivity index (χ1v) is 9.28. The molecule has 0 unspecified atom stereocenters. The SMILES string of the molecule is CCCC(=O)Nc1ccc(C(=O)COC(=O)CNC(=O)c2cccs2)cc1. The molecular formula is C19H20N2O5S. The van der Waals surface area contributed by atoms with Crippen LogP contribution in [-0.4, -0.2) is 36.7 Å². The van der Waals surface area contributed by atoms with Gasteiger partial charge in [-0.2, -0.15) is 0 Å². The maximum absolute atomic E-state index is 12.1. The van der Waals surface area contributed by atoms with E-state index in [1.54, 1.807) is 41.8 Å². The minimum Gasteiger partial charge on any atom is -0.456 e. The van der Waals surface area contributed by atoms with Crippen molar-refractivity contribution < 1.29 is 23.9 Å². The van der Waals surface area contributed by atoms with Crippen LogP contribution in [0.1, 0.15) is 39.8 Å². The summed E-state index contributed by atoms with van der Waals surface area (Å²) in [6.45, 7) is 1.18. The van der Waals surface area contributed by atoms with Crippen LogP contribution in [-0.2, 0) is 14.3 Å². The summed E-state index contributed by atoms with van der Waals surface area (Å²) in [6.07, 6.45) is 1.18. The molecule has 0 aliphatic heterocycles. The second-order valence-corrected chi connectivity index (χ2v) is 6.57. The van der Waals surface area contributed by atoms with Crippen molar-refractivity contribution in [2.24, 2.45) is 0 Å². The third kappa shape index (κ3) is 6.67. The lowest BCUT2D eigenvalue weighted by Crippen LogP contribution is -2.31. The summed E-state index contributed by atoms with van der Waals surface area (Å²) in [4.78, 5) is 47.4. The Bertz CT molecular complexity index is 800. The third-order valence-corrected chi connectivity index (χ3v) is 4.34. The molecule has 2 N–H and O–H groups in total. The lowest BCUT2D eigenvalue weighted by Gasteiger charge is -2.07. The molecule has 1 heterocycles. The maximum Gasteiger partial charge on any atom is 0.325 e. The smallest absolute Gasteiger partial charge is 0.325 e. The van der Waals surface area contributed by atoms with E-state index in [1.807, 2.05) is 6.92 Å². The zero-order valence-electron chi connectivity index (χ0n) is 14.8. The molecule has 0 radical (unpaired) electrons. The summed E-state index contributed by atoms with van der Waals surface area (Å²) in [6, 6.07) is 9.71. The summed E-state index contributed by atoms with van der Waals surface area (Å²) in [5.74, 6) is -1.53. The van der Waals surface area contributed by atoms with Crippen LogP contribution < -0.4 is 10.6 Å². The highest BCUT2D eigenvalue weighted by Gasteiger charge is 2.12. The van der Waals surface area contributed by atoms with Crippen LogP contribution >= 0.6 is 11.3 Å². The van der Waals surface area contributed by atoms with Gasteiger partial charge in [0, 0.05) is 17.7 Å². The first kappa shape index (κ1) is 20.3. The highest BCUT2D eigenvalue weighted by atomic mass is 32.1. The normalized spacial score (nSPS) is 10.1. The number of esters is 1. The molecule has 0 saturated carbocycles. The molecule has 8 heteroatoms. The molecule has 0 atom stereocenters. The van der Waals surface area contributed by atoms with Gasteiger partial charge in [-0.1, -0.05) is 13.0 Å². The number of carbonyl (C=O) groups is 4. The number of ketones is 1. The number of benzene rings is 1. The van der Waals surface area contributed by atoms with Crippen molar-refractivity contribution in [3.05, 3.63) is 52.2 Å². The fourth-order valence-corrected chi connectivity index (χ4v) is 2.76. The van der Waals surface area contributed by atoms with Gasteiger partial charge in [-0.3, -0.25) is 19.2 Å². The molecule has 0 aliphatic rings. The quantitative estimate of drug-likeness (QED) is 0.508. The minimum atomic E-state index is -0.697. The fraction of sp³-hybridized carbons (Fsp3) is 0.263. The summed E-state index contributed by atoms with van der Waals surface area (Å²) in [7, 11) is 0. The summed E-state index contributed by atoms with van der Waals surface area (Å²) >= 11 is 1.26. The van der Waals surface area contributed by atoms with Crippen LogP contribution in [0.25, 0.3) is 0 Å². The fourth-order valence-electron chi connectivity index (χ4n) is 2.12. The van der Waals surface area contributed by atoms with Crippen molar-refractivity contribution >= 4 is 40.6 Å². The molecule has 0 spiro atoms. The van der Waals surface area contributed by atoms with Crippen LogP contribution in [0, 0.1) is 0 Å². The number of hydrogen-bond acceptors (Lipinski definition) is 6. The maximum atomic E-state index is 12.1.